The normalized spacial score (nSPS) is 25.7. The second-order valence-corrected chi connectivity index (χ2v) is 10.2. The van der Waals surface area contributed by atoms with Gasteiger partial charge in [-0.15, -0.1) is 0 Å². The molecule has 180 valence electrons. The lowest BCUT2D eigenvalue weighted by Crippen LogP contribution is -2.60. The maximum absolute atomic E-state index is 14.3. The number of likely N-dealkylation sites (N-methyl/N-ethyl adjacent to an activating group) is 1. The number of ether oxygens (including phenoxy) is 1. The molecule has 2 amide bonds. The van der Waals surface area contributed by atoms with Crippen LogP contribution in [0.1, 0.15) is 49.9 Å². The molecule has 1 N–H and O–H groups in total. The number of hydrogen-bond acceptors (Lipinski definition) is 5. The van der Waals surface area contributed by atoms with Crippen molar-refractivity contribution in [3.63, 3.8) is 0 Å². The van der Waals surface area contributed by atoms with Crippen LogP contribution in [-0.2, 0) is 20.8 Å². The van der Waals surface area contributed by atoms with Crippen LogP contribution in [0.4, 0.5) is 10.5 Å². The number of aromatic nitrogens is 1. The third kappa shape index (κ3) is 3.33. The van der Waals surface area contributed by atoms with Crippen LogP contribution in [0.15, 0.2) is 79.0 Å². The number of anilines is 1. The summed E-state index contributed by atoms with van der Waals surface area (Å²) in [7, 11) is 1.70. The highest BCUT2D eigenvalue weighted by Crippen LogP contribution is 2.62. The van der Waals surface area contributed by atoms with Crippen LogP contribution in [0.2, 0.25) is 0 Å². The molecule has 0 radical (unpaired) electrons. The minimum Gasteiger partial charge on any atom is -0.444 e. The van der Waals surface area contributed by atoms with Gasteiger partial charge in [0.05, 0.1) is 5.69 Å². The first-order valence-electron chi connectivity index (χ1n) is 11.7. The summed E-state index contributed by atoms with van der Waals surface area (Å²) in [6.45, 7) is 5.29. The molecule has 1 fully saturated rings. The molecule has 1 aromatic heterocycles. The molecule has 2 aromatic carbocycles. The smallest absolute Gasteiger partial charge is 0.414 e. The Hall–Kier alpha value is -3.71. The van der Waals surface area contributed by atoms with Gasteiger partial charge in [0.1, 0.15) is 5.60 Å². The van der Waals surface area contributed by atoms with Crippen LogP contribution in [0, 0.1) is 0 Å². The predicted molar refractivity (Wildman–Crippen MR) is 132 cm³/mol. The SMILES string of the molecule is CN1C(=O)C2(c3ccccc31)C(c1ccccc1)CC(O)(c1ccccn1)N2C(=O)OC(C)(C)C. The molecule has 5 rings (SSSR count). The number of fused-ring (bicyclic) bond motifs is 2. The van der Waals surface area contributed by atoms with Gasteiger partial charge in [0, 0.05) is 36.8 Å². The zero-order valence-electron chi connectivity index (χ0n) is 20.3. The van der Waals surface area contributed by atoms with Gasteiger partial charge in [-0.1, -0.05) is 54.6 Å². The fourth-order valence-electron chi connectivity index (χ4n) is 5.56. The monoisotopic (exact) mass is 471 g/mol. The number of nitrogens with zero attached hydrogens (tertiary/aromatic N) is 3. The molecule has 3 aromatic rings. The molecule has 7 heteroatoms. The Bertz CT molecular complexity index is 1270. The van der Waals surface area contributed by atoms with E-state index in [-0.39, 0.29) is 18.0 Å². The molecule has 2 aliphatic rings. The molecule has 35 heavy (non-hydrogen) atoms. The summed E-state index contributed by atoms with van der Waals surface area (Å²) in [6.07, 6.45) is 0.864. The van der Waals surface area contributed by atoms with E-state index in [1.807, 2.05) is 54.6 Å². The first kappa shape index (κ1) is 23.1. The number of para-hydroxylation sites is 1. The number of carbonyl (C=O) groups excluding carboxylic acids is 2. The number of rotatable bonds is 2. The largest absolute Gasteiger partial charge is 0.444 e. The summed E-state index contributed by atoms with van der Waals surface area (Å²) in [5.74, 6) is -0.855. The van der Waals surface area contributed by atoms with Crippen molar-refractivity contribution in [2.24, 2.45) is 0 Å². The summed E-state index contributed by atoms with van der Waals surface area (Å²) in [4.78, 5) is 35.5. The molecular weight excluding hydrogens is 442 g/mol. The van der Waals surface area contributed by atoms with Gasteiger partial charge < -0.3 is 14.7 Å². The third-order valence-electron chi connectivity index (χ3n) is 6.88. The number of aliphatic hydroxyl groups is 1. The van der Waals surface area contributed by atoms with Crippen LogP contribution in [-0.4, -0.2) is 39.6 Å². The Morgan fingerprint density at radius 1 is 1.03 bits per heavy atom. The van der Waals surface area contributed by atoms with Crippen LogP contribution < -0.4 is 4.90 Å². The van der Waals surface area contributed by atoms with Crippen molar-refractivity contribution in [1.82, 2.24) is 9.88 Å². The van der Waals surface area contributed by atoms with Gasteiger partial charge in [-0.3, -0.25) is 14.7 Å². The van der Waals surface area contributed by atoms with E-state index in [1.165, 1.54) is 4.90 Å². The Morgan fingerprint density at radius 2 is 1.69 bits per heavy atom. The van der Waals surface area contributed by atoms with Crippen molar-refractivity contribution in [3.05, 3.63) is 95.8 Å². The lowest BCUT2D eigenvalue weighted by Gasteiger charge is -2.42. The quantitative estimate of drug-likeness (QED) is 0.594. The fraction of sp³-hybridized carbons (Fsp3) is 0.321. The topological polar surface area (TPSA) is 83.0 Å². The Kier molecular flexibility index (Phi) is 5.21. The number of likely N-dealkylation sites (tertiary alicyclic amines) is 1. The standard InChI is InChI=1S/C28H29N3O4/c1-26(2,3)35-25(33)31-27(34,23-16-10-11-17-29-23)18-21(19-12-6-5-7-13-19)28(31)20-14-8-9-15-22(20)30(4)24(28)32/h5-17,21,34H,18H2,1-4H3. The molecule has 3 heterocycles. The predicted octanol–water partition coefficient (Wildman–Crippen LogP) is 4.52. The van der Waals surface area contributed by atoms with E-state index >= 15 is 0 Å². The molecule has 1 saturated heterocycles. The Morgan fingerprint density at radius 3 is 2.34 bits per heavy atom. The van der Waals surface area contributed by atoms with Gasteiger partial charge in [0.25, 0.3) is 5.91 Å². The number of pyridine rings is 1. The van der Waals surface area contributed by atoms with Gasteiger partial charge >= 0.3 is 6.09 Å². The zero-order chi connectivity index (χ0) is 25.0. The van der Waals surface area contributed by atoms with Crippen LogP contribution in [0.3, 0.4) is 0 Å². The van der Waals surface area contributed by atoms with E-state index in [0.29, 0.717) is 11.3 Å². The first-order valence-corrected chi connectivity index (χ1v) is 11.7. The second-order valence-electron chi connectivity index (χ2n) is 10.2. The molecule has 1 spiro atoms. The summed E-state index contributed by atoms with van der Waals surface area (Å²) < 4.78 is 5.84. The van der Waals surface area contributed by atoms with Crippen molar-refractivity contribution in [1.29, 1.82) is 0 Å². The van der Waals surface area contributed by atoms with Crippen molar-refractivity contribution >= 4 is 17.7 Å². The molecule has 0 saturated carbocycles. The lowest BCUT2D eigenvalue weighted by atomic mass is 9.75. The van der Waals surface area contributed by atoms with E-state index in [4.69, 9.17) is 4.74 Å². The number of amides is 2. The molecule has 2 aliphatic heterocycles. The third-order valence-corrected chi connectivity index (χ3v) is 6.88. The zero-order valence-corrected chi connectivity index (χ0v) is 20.3. The minimum absolute atomic E-state index is 0.0706. The fourth-order valence-corrected chi connectivity index (χ4v) is 5.56. The van der Waals surface area contributed by atoms with Crippen LogP contribution in [0.25, 0.3) is 0 Å². The lowest BCUT2D eigenvalue weighted by molar-refractivity contribution is -0.147. The molecule has 3 atom stereocenters. The van der Waals surface area contributed by atoms with Crippen molar-refractivity contribution < 1.29 is 19.4 Å². The van der Waals surface area contributed by atoms with Crippen LogP contribution >= 0.6 is 0 Å². The molecule has 7 nitrogen and oxygen atoms in total. The van der Waals surface area contributed by atoms with E-state index in [2.05, 4.69) is 4.98 Å². The van der Waals surface area contributed by atoms with Crippen molar-refractivity contribution in [3.8, 4) is 0 Å². The van der Waals surface area contributed by atoms with E-state index in [1.54, 1.807) is 57.1 Å². The maximum Gasteiger partial charge on any atom is 0.414 e. The molecular formula is C28H29N3O4. The van der Waals surface area contributed by atoms with Gasteiger partial charge in [-0.2, -0.15) is 0 Å². The molecule has 3 unspecified atom stereocenters. The molecule has 0 aliphatic carbocycles. The summed E-state index contributed by atoms with van der Waals surface area (Å²) in [5.41, 5.74) is -1.80. The minimum atomic E-state index is -1.89. The van der Waals surface area contributed by atoms with E-state index in [0.717, 1.165) is 5.56 Å². The van der Waals surface area contributed by atoms with Gasteiger partial charge in [0.2, 0.25) is 0 Å². The molecule has 0 bridgehead atoms. The summed E-state index contributed by atoms with van der Waals surface area (Å²) in [5, 5.41) is 12.4. The maximum atomic E-state index is 14.3. The van der Waals surface area contributed by atoms with Gasteiger partial charge in [0.15, 0.2) is 11.3 Å². The van der Waals surface area contributed by atoms with Crippen LogP contribution in [0.5, 0.6) is 0 Å². The Labute approximate surface area is 205 Å². The first-order chi connectivity index (χ1) is 16.6. The van der Waals surface area contributed by atoms with Gasteiger partial charge in [-0.25, -0.2) is 4.79 Å². The highest BCUT2D eigenvalue weighted by Gasteiger charge is 2.72. The van der Waals surface area contributed by atoms with E-state index in [9.17, 15) is 14.7 Å². The number of carbonyl (C=O) groups is 2. The van der Waals surface area contributed by atoms with Crippen molar-refractivity contribution in [2.75, 3.05) is 11.9 Å². The van der Waals surface area contributed by atoms with Crippen molar-refractivity contribution in [2.45, 2.75) is 50.0 Å². The highest BCUT2D eigenvalue weighted by molar-refractivity contribution is 6.10. The summed E-state index contributed by atoms with van der Waals surface area (Å²) in [6, 6.07) is 22.1. The second kappa shape index (κ2) is 7.92. The highest BCUT2D eigenvalue weighted by atomic mass is 16.6. The van der Waals surface area contributed by atoms with E-state index < -0.39 is 28.9 Å². The number of hydrogen-bond donors (Lipinski definition) is 1. The Balaban J connectivity index is 1.85. The average Bonchev–Trinajstić information content (AvgIpc) is 3.25. The average molecular weight is 472 g/mol. The number of benzene rings is 2. The summed E-state index contributed by atoms with van der Waals surface area (Å²) >= 11 is 0. The van der Waals surface area contributed by atoms with Gasteiger partial charge in [-0.05, 0) is 44.5 Å².